The number of aromatic amines is 1. The highest BCUT2D eigenvalue weighted by atomic mass is 16.2. The van der Waals surface area contributed by atoms with Gasteiger partial charge in [0.05, 0.1) is 0 Å². The number of anilines is 2. The van der Waals surface area contributed by atoms with Crippen molar-refractivity contribution in [1.29, 1.82) is 0 Å². The van der Waals surface area contributed by atoms with Gasteiger partial charge in [0.2, 0.25) is 0 Å². The van der Waals surface area contributed by atoms with E-state index in [9.17, 15) is 9.59 Å². The van der Waals surface area contributed by atoms with Crippen LogP contribution in [-0.4, -0.2) is 38.7 Å². The lowest BCUT2D eigenvalue weighted by Crippen LogP contribution is -2.36. The van der Waals surface area contributed by atoms with Crippen molar-refractivity contribution in [2.75, 3.05) is 23.3 Å². The summed E-state index contributed by atoms with van der Waals surface area (Å²) in [5, 5.41) is 3.58. The molecule has 26 heavy (non-hydrogen) atoms. The summed E-state index contributed by atoms with van der Waals surface area (Å²) in [5.74, 6) is 2.35. The molecule has 0 bridgehead atoms. The van der Waals surface area contributed by atoms with E-state index in [-0.39, 0.29) is 17.3 Å². The standard InChI is InChI=1S/C18H24N6O2/c1-11-19-14-6-4-3-5-13(14)17(20-11)21-12-7-8-24(10-12)15-9-16(25)23(2)18(26)22-15/h9,12H,3-8,10H2,1-2H3,(H,22,26)(H,19,20,21)/t12-/m0/s1. The summed E-state index contributed by atoms with van der Waals surface area (Å²) in [4.78, 5) is 37.8. The minimum Gasteiger partial charge on any atom is -0.365 e. The van der Waals surface area contributed by atoms with Crippen LogP contribution in [0.3, 0.4) is 0 Å². The molecule has 0 amide bonds. The molecule has 1 atom stereocenters. The Balaban J connectivity index is 1.53. The maximum absolute atomic E-state index is 11.9. The molecule has 0 saturated carbocycles. The summed E-state index contributed by atoms with van der Waals surface area (Å²) >= 11 is 0. The van der Waals surface area contributed by atoms with Crippen LogP contribution in [0.15, 0.2) is 15.7 Å². The van der Waals surface area contributed by atoms with Crippen molar-refractivity contribution in [2.45, 2.75) is 45.1 Å². The number of rotatable bonds is 3. The van der Waals surface area contributed by atoms with Crippen molar-refractivity contribution >= 4 is 11.6 Å². The summed E-state index contributed by atoms with van der Waals surface area (Å²) in [6.45, 7) is 3.44. The second-order valence-electron chi connectivity index (χ2n) is 7.18. The number of aromatic nitrogens is 4. The molecule has 1 aliphatic heterocycles. The van der Waals surface area contributed by atoms with Crippen LogP contribution >= 0.6 is 0 Å². The Morgan fingerprint density at radius 2 is 2.04 bits per heavy atom. The van der Waals surface area contributed by atoms with Crippen LogP contribution in [-0.2, 0) is 19.9 Å². The van der Waals surface area contributed by atoms with Crippen LogP contribution in [0.4, 0.5) is 11.6 Å². The van der Waals surface area contributed by atoms with E-state index in [2.05, 4.69) is 20.3 Å². The Bertz CT molecular complexity index is 916. The lowest BCUT2D eigenvalue weighted by Gasteiger charge is -2.22. The van der Waals surface area contributed by atoms with Crippen molar-refractivity contribution in [3.63, 3.8) is 0 Å². The molecule has 2 N–H and O–H groups in total. The summed E-state index contributed by atoms with van der Waals surface area (Å²) in [5.41, 5.74) is 1.75. The lowest BCUT2D eigenvalue weighted by molar-refractivity contribution is 0.656. The van der Waals surface area contributed by atoms with E-state index in [1.54, 1.807) is 0 Å². The molecule has 1 saturated heterocycles. The van der Waals surface area contributed by atoms with Gasteiger partial charge in [-0.3, -0.25) is 14.3 Å². The number of nitrogens with zero attached hydrogens (tertiary/aromatic N) is 4. The Labute approximate surface area is 151 Å². The molecule has 8 nitrogen and oxygen atoms in total. The molecule has 1 fully saturated rings. The third-order valence-electron chi connectivity index (χ3n) is 5.30. The predicted molar refractivity (Wildman–Crippen MR) is 100.0 cm³/mol. The number of hydrogen-bond donors (Lipinski definition) is 2. The van der Waals surface area contributed by atoms with E-state index in [4.69, 9.17) is 0 Å². The van der Waals surface area contributed by atoms with Crippen molar-refractivity contribution in [2.24, 2.45) is 7.05 Å². The second-order valence-corrected chi connectivity index (χ2v) is 7.18. The maximum Gasteiger partial charge on any atom is 0.329 e. The molecule has 0 aromatic carbocycles. The smallest absolute Gasteiger partial charge is 0.329 e. The second kappa shape index (κ2) is 6.59. The highest BCUT2D eigenvalue weighted by molar-refractivity contribution is 5.50. The predicted octanol–water partition coefficient (Wildman–Crippen LogP) is 0.742. The molecular formula is C18H24N6O2. The molecule has 138 valence electrons. The zero-order chi connectivity index (χ0) is 18.3. The van der Waals surface area contributed by atoms with E-state index in [1.807, 2.05) is 11.8 Å². The molecule has 0 radical (unpaired) electrons. The highest BCUT2D eigenvalue weighted by Crippen LogP contribution is 2.27. The van der Waals surface area contributed by atoms with Crippen LogP contribution in [0.25, 0.3) is 0 Å². The van der Waals surface area contributed by atoms with E-state index in [1.165, 1.54) is 37.2 Å². The normalized spacial score (nSPS) is 19.5. The van der Waals surface area contributed by atoms with Gasteiger partial charge < -0.3 is 10.2 Å². The number of aryl methyl sites for hydroxylation is 2. The summed E-state index contributed by atoms with van der Waals surface area (Å²) in [7, 11) is 1.47. The van der Waals surface area contributed by atoms with Gasteiger partial charge >= 0.3 is 5.69 Å². The van der Waals surface area contributed by atoms with Gasteiger partial charge in [-0.05, 0) is 39.0 Å². The first-order valence-electron chi connectivity index (χ1n) is 9.19. The van der Waals surface area contributed by atoms with Gasteiger partial charge in [0.15, 0.2) is 0 Å². The first-order chi connectivity index (χ1) is 12.5. The zero-order valence-corrected chi connectivity index (χ0v) is 15.2. The fourth-order valence-corrected chi connectivity index (χ4v) is 3.84. The van der Waals surface area contributed by atoms with Gasteiger partial charge in [-0.2, -0.15) is 0 Å². The largest absolute Gasteiger partial charge is 0.365 e. The van der Waals surface area contributed by atoms with E-state index in [0.29, 0.717) is 5.82 Å². The van der Waals surface area contributed by atoms with Crippen LogP contribution in [0, 0.1) is 6.92 Å². The van der Waals surface area contributed by atoms with Crippen molar-refractivity contribution in [3.8, 4) is 0 Å². The molecule has 4 rings (SSSR count). The van der Waals surface area contributed by atoms with Crippen LogP contribution in [0.1, 0.15) is 36.3 Å². The zero-order valence-electron chi connectivity index (χ0n) is 15.2. The minimum atomic E-state index is -0.385. The third kappa shape index (κ3) is 3.11. The molecule has 3 heterocycles. The molecule has 2 aromatic heterocycles. The van der Waals surface area contributed by atoms with Crippen LogP contribution < -0.4 is 21.5 Å². The van der Waals surface area contributed by atoms with E-state index >= 15 is 0 Å². The summed E-state index contributed by atoms with van der Waals surface area (Å²) in [6.07, 6.45) is 5.35. The van der Waals surface area contributed by atoms with Gasteiger partial charge in [0.1, 0.15) is 17.5 Å². The Morgan fingerprint density at radius 3 is 2.85 bits per heavy atom. The summed E-state index contributed by atoms with van der Waals surface area (Å²) < 4.78 is 1.07. The Kier molecular flexibility index (Phi) is 4.26. The molecule has 8 heteroatoms. The fraction of sp³-hybridized carbons (Fsp3) is 0.556. The molecule has 0 spiro atoms. The fourth-order valence-electron chi connectivity index (χ4n) is 3.84. The Morgan fingerprint density at radius 1 is 1.23 bits per heavy atom. The van der Waals surface area contributed by atoms with Gasteiger partial charge in [-0.15, -0.1) is 0 Å². The molecule has 2 aromatic rings. The van der Waals surface area contributed by atoms with Crippen molar-refractivity contribution < 1.29 is 0 Å². The SMILES string of the molecule is Cc1nc2c(c(N[C@H]3CCN(c4cc(=O)n(C)c(=O)[nH]4)C3)n1)CCCC2. The lowest BCUT2D eigenvalue weighted by atomic mass is 9.96. The Hall–Kier alpha value is -2.64. The van der Waals surface area contributed by atoms with E-state index < -0.39 is 0 Å². The quantitative estimate of drug-likeness (QED) is 0.842. The molecule has 1 aliphatic carbocycles. The molecule has 0 unspecified atom stereocenters. The maximum atomic E-state index is 11.9. The van der Waals surface area contributed by atoms with Gasteiger partial charge in [0.25, 0.3) is 5.56 Å². The van der Waals surface area contributed by atoms with Crippen LogP contribution in [0.2, 0.25) is 0 Å². The number of fused-ring (bicyclic) bond motifs is 1. The number of H-pyrrole nitrogens is 1. The summed E-state index contributed by atoms with van der Waals surface area (Å²) in [6, 6.07) is 1.71. The number of hydrogen-bond acceptors (Lipinski definition) is 6. The van der Waals surface area contributed by atoms with Crippen molar-refractivity contribution in [1.82, 2.24) is 19.5 Å². The van der Waals surface area contributed by atoms with Gasteiger partial charge in [0, 0.05) is 43.5 Å². The van der Waals surface area contributed by atoms with Gasteiger partial charge in [-0.25, -0.2) is 14.8 Å². The highest BCUT2D eigenvalue weighted by Gasteiger charge is 2.26. The average Bonchev–Trinajstić information content (AvgIpc) is 3.07. The van der Waals surface area contributed by atoms with Crippen LogP contribution in [0.5, 0.6) is 0 Å². The number of nitrogens with one attached hydrogen (secondary N) is 2. The first kappa shape index (κ1) is 16.8. The molecular weight excluding hydrogens is 332 g/mol. The van der Waals surface area contributed by atoms with Crippen molar-refractivity contribution in [3.05, 3.63) is 44.0 Å². The first-order valence-corrected chi connectivity index (χ1v) is 9.19. The minimum absolute atomic E-state index is 0.225. The van der Waals surface area contributed by atoms with E-state index in [0.717, 1.165) is 48.6 Å². The molecule has 2 aliphatic rings. The topological polar surface area (TPSA) is 95.9 Å². The van der Waals surface area contributed by atoms with Gasteiger partial charge in [-0.1, -0.05) is 0 Å². The average molecular weight is 356 g/mol. The monoisotopic (exact) mass is 356 g/mol. The third-order valence-corrected chi connectivity index (χ3v) is 5.30.